The molecule has 8 heteroatoms. The maximum absolute atomic E-state index is 13.1. The second-order valence-corrected chi connectivity index (χ2v) is 8.55. The number of para-hydroxylation sites is 1. The Balaban J connectivity index is 1.13. The molecular formula is C21H19ClN4O3. The average molecular weight is 411 g/mol. The lowest BCUT2D eigenvalue weighted by atomic mass is 9.73. The zero-order valence-corrected chi connectivity index (χ0v) is 16.4. The van der Waals surface area contributed by atoms with Gasteiger partial charge < -0.3 is 19.1 Å². The molecule has 0 bridgehead atoms. The molecule has 0 N–H and O–H groups in total. The molecular weight excluding hydrogens is 392 g/mol. The van der Waals surface area contributed by atoms with E-state index in [2.05, 4.69) is 10.1 Å². The lowest BCUT2D eigenvalue weighted by Crippen LogP contribution is -2.74. The number of benzene rings is 2. The number of ether oxygens (including phenoxy) is 1. The van der Waals surface area contributed by atoms with Gasteiger partial charge in [-0.25, -0.2) is 4.79 Å². The maximum Gasteiger partial charge on any atom is 0.324 e. The van der Waals surface area contributed by atoms with Crippen LogP contribution in [0.5, 0.6) is 5.75 Å². The molecule has 0 unspecified atom stereocenters. The number of anilines is 2. The third-order valence-electron chi connectivity index (χ3n) is 6.05. The van der Waals surface area contributed by atoms with Gasteiger partial charge in [-0.2, -0.15) is 0 Å². The Kier molecular flexibility index (Phi) is 3.53. The van der Waals surface area contributed by atoms with Crippen LogP contribution in [0.15, 0.2) is 47.0 Å². The highest BCUT2D eigenvalue weighted by Gasteiger charge is 2.54. The predicted octanol–water partition coefficient (Wildman–Crippen LogP) is 3.62. The minimum Gasteiger partial charge on any atom is -0.489 e. The Hall–Kier alpha value is -2.93. The molecule has 3 aromatic rings. The first-order valence-corrected chi connectivity index (χ1v) is 10.1. The zero-order valence-electron chi connectivity index (χ0n) is 15.7. The third-order valence-corrected chi connectivity index (χ3v) is 6.28. The van der Waals surface area contributed by atoms with Gasteiger partial charge in [0.2, 0.25) is 0 Å². The minimum atomic E-state index is 0.0350. The van der Waals surface area contributed by atoms with Crippen molar-refractivity contribution in [2.24, 2.45) is 5.41 Å². The van der Waals surface area contributed by atoms with Crippen molar-refractivity contribution in [3.63, 3.8) is 0 Å². The van der Waals surface area contributed by atoms with Crippen LogP contribution >= 0.6 is 11.6 Å². The fraction of sp³-hybridized carbons (Fsp3) is 0.333. The molecule has 148 valence electrons. The van der Waals surface area contributed by atoms with Crippen LogP contribution in [0.2, 0.25) is 5.02 Å². The van der Waals surface area contributed by atoms with Gasteiger partial charge in [0.15, 0.2) is 11.4 Å². The van der Waals surface area contributed by atoms with E-state index in [1.807, 2.05) is 35.2 Å². The fourth-order valence-electron chi connectivity index (χ4n) is 4.68. The summed E-state index contributed by atoms with van der Waals surface area (Å²) in [5.74, 6) is 1.56. The summed E-state index contributed by atoms with van der Waals surface area (Å²) in [6, 6.07) is 13.3. The van der Waals surface area contributed by atoms with Crippen LogP contribution in [-0.4, -0.2) is 55.4 Å². The topological polar surface area (TPSA) is 62.1 Å². The summed E-state index contributed by atoms with van der Waals surface area (Å²) in [6.07, 6.45) is 0. The first-order valence-electron chi connectivity index (χ1n) is 9.70. The Morgan fingerprint density at radius 1 is 1.10 bits per heavy atom. The van der Waals surface area contributed by atoms with E-state index in [9.17, 15) is 4.79 Å². The van der Waals surface area contributed by atoms with Crippen molar-refractivity contribution in [2.75, 3.05) is 49.1 Å². The molecule has 3 aliphatic rings. The smallest absolute Gasteiger partial charge is 0.324 e. The molecule has 2 fully saturated rings. The number of carbonyl (C=O) groups is 1. The standard InChI is InChI=1S/C21H19ClN4O3/c22-14-5-6-16-18(9-14)28-8-7-26(16)20(27)25-12-21(13-25)10-24(11-21)19-15-3-1-2-4-17(15)29-23-19/h1-6,9H,7-8,10-13H2. The number of nitrogens with zero attached hydrogens (tertiary/aromatic N) is 4. The number of hydrogen-bond donors (Lipinski definition) is 0. The monoisotopic (exact) mass is 410 g/mol. The molecule has 0 radical (unpaired) electrons. The molecule has 0 saturated carbocycles. The van der Waals surface area contributed by atoms with Crippen LogP contribution in [0.1, 0.15) is 0 Å². The molecule has 1 spiro atoms. The van der Waals surface area contributed by atoms with Gasteiger partial charge in [-0.05, 0) is 24.3 Å². The Bertz CT molecular complexity index is 1120. The van der Waals surface area contributed by atoms with Crippen molar-refractivity contribution in [1.29, 1.82) is 0 Å². The summed E-state index contributed by atoms with van der Waals surface area (Å²) in [7, 11) is 0. The van der Waals surface area contributed by atoms with Crippen molar-refractivity contribution in [3.8, 4) is 5.75 Å². The summed E-state index contributed by atoms with van der Waals surface area (Å²) in [6.45, 7) is 4.33. The second kappa shape index (κ2) is 6.03. The van der Waals surface area contributed by atoms with Crippen LogP contribution < -0.4 is 14.5 Å². The van der Waals surface area contributed by atoms with Crippen LogP contribution in [0.4, 0.5) is 16.3 Å². The van der Waals surface area contributed by atoms with E-state index in [1.165, 1.54) is 0 Å². The largest absolute Gasteiger partial charge is 0.489 e. The van der Waals surface area contributed by atoms with Gasteiger partial charge in [0.1, 0.15) is 12.4 Å². The van der Waals surface area contributed by atoms with Gasteiger partial charge in [-0.15, -0.1) is 0 Å². The second-order valence-electron chi connectivity index (χ2n) is 8.11. The molecule has 2 aromatic carbocycles. The van der Waals surface area contributed by atoms with Crippen molar-refractivity contribution in [3.05, 3.63) is 47.5 Å². The van der Waals surface area contributed by atoms with Crippen molar-refractivity contribution < 1.29 is 14.1 Å². The molecule has 2 saturated heterocycles. The quantitative estimate of drug-likeness (QED) is 0.613. The van der Waals surface area contributed by atoms with Crippen LogP contribution in [-0.2, 0) is 0 Å². The predicted molar refractivity (Wildman–Crippen MR) is 110 cm³/mol. The lowest BCUT2D eigenvalue weighted by Gasteiger charge is -2.60. The number of carbonyl (C=O) groups excluding carboxylic acids is 1. The average Bonchev–Trinajstić information content (AvgIpc) is 3.09. The Labute approximate surface area is 172 Å². The fourth-order valence-corrected chi connectivity index (χ4v) is 4.84. The third kappa shape index (κ3) is 2.57. The van der Waals surface area contributed by atoms with Crippen LogP contribution in [0, 0.1) is 5.41 Å². The van der Waals surface area contributed by atoms with Crippen molar-refractivity contribution >= 4 is 40.1 Å². The normalized spacial score (nSPS) is 19.6. The van der Waals surface area contributed by atoms with Gasteiger partial charge in [-0.1, -0.05) is 28.9 Å². The lowest BCUT2D eigenvalue weighted by molar-refractivity contribution is 0.00914. The van der Waals surface area contributed by atoms with Gasteiger partial charge in [-0.3, -0.25) is 4.90 Å². The highest BCUT2D eigenvalue weighted by molar-refractivity contribution is 6.30. The van der Waals surface area contributed by atoms with Gasteiger partial charge in [0.25, 0.3) is 0 Å². The maximum atomic E-state index is 13.1. The van der Waals surface area contributed by atoms with E-state index >= 15 is 0 Å². The Morgan fingerprint density at radius 3 is 2.79 bits per heavy atom. The number of aromatic nitrogens is 1. The van der Waals surface area contributed by atoms with Crippen LogP contribution in [0.3, 0.4) is 0 Å². The SMILES string of the molecule is O=C(N1CC2(C1)CN(c1noc3ccccc13)C2)N1CCOc2cc(Cl)ccc21. The molecule has 29 heavy (non-hydrogen) atoms. The van der Waals surface area contributed by atoms with Crippen LogP contribution in [0.25, 0.3) is 11.0 Å². The number of rotatable bonds is 1. The van der Waals surface area contributed by atoms with Crippen molar-refractivity contribution in [2.45, 2.75) is 0 Å². The molecule has 7 nitrogen and oxygen atoms in total. The summed E-state index contributed by atoms with van der Waals surface area (Å²) in [4.78, 5) is 19.0. The Morgan fingerprint density at radius 2 is 1.93 bits per heavy atom. The molecule has 2 amide bonds. The van der Waals surface area contributed by atoms with E-state index < -0.39 is 0 Å². The van der Waals surface area contributed by atoms with Crippen molar-refractivity contribution in [1.82, 2.24) is 10.1 Å². The molecule has 4 heterocycles. The first-order chi connectivity index (χ1) is 14.1. The summed E-state index contributed by atoms with van der Waals surface area (Å²) >= 11 is 6.05. The number of amides is 2. The number of halogens is 1. The summed E-state index contributed by atoms with van der Waals surface area (Å²) in [5.41, 5.74) is 1.75. The van der Waals surface area contributed by atoms with E-state index in [4.69, 9.17) is 20.9 Å². The molecule has 3 aliphatic heterocycles. The minimum absolute atomic E-state index is 0.0350. The number of urea groups is 1. The summed E-state index contributed by atoms with van der Waals surface area (Å²) in [5, 5.41) is 5.89. The van der Waals surface area contributed by atoms with E-state index in [0.29, 0.717) is 23.9 Å². The highest BCUT2D eigenvalue weighted by Crippen LogP contribution is 2.44. The zero-order chi connectivity index (χ0) is 19.6. The van der Waals surface area contributed by atoms with E-state index in [-0.39, 0.29) is 11.4 Å². The number of fused-ring (bicyclic) bond motifs is 2. The highest BCUT2D eigenvalue weighted by atomic mass is 35.5. The molecule has 0 atom stereocenters. The van der Waals surface area contributed by atoms with Gasteiger partial charge in [0, 0.05) is 42.7 Å². The first kappa shape index (κ1) is 17.0. The van der Waals surface area contributed by atoms with Gasteiger partial charge in [0.05, 0.1) is 17.6 Å². The summed E-state index contributed by atoms with van der Waals surface area (Å²) < 4.78 is 11.1. The van der Waals surface area contributed by atoms with E-state index in [0.717, 1.165) is 48.7 Å². The number of hydrogen-bond acceptors (Lipinski definition) is 5. The molecule has 6 rings (SSSR count). The molecule has 1 aromatic heterocycles. The number of likely N-dealkylation sites (tertiary alicyclic amines) is 1. The molecule has 0 aliphatic carbocycles. The van der Waals surface area contributed by atoms with Gasteiger partial charge >= 0.3 is 6.03 Å². The van der Waals surface area contributed by atoms with E-state index in [1.54, 1.807) is 17.0 Å².